The van der Waals surface area contributed by atoms with Crippen LogP contribution in [0.25, 0.3) is 0 Å². The number of nitrogens with zero attached hydrogens (tertiary/aromatic N) is 2. The molecule has 0 radical (unpaired) electrons. The van der Waals surface area contributed by atoms with Crippen molar-refractivity contribution in [2.24, 2.45) is 9.98 Å². The van der Waals surface area contributed by atoms with Crippen LogP contribution in [0, 0.1) is 0 Å². The standard InChI is InChI=1S/C32H48N2/c1-3-5-7-9-11-13-15-17-19-27-21-22-29(32-31-26-33-24-30(31)25-34-32)23-28(27)20-18-16-14-12-10-8-6-4-2/h21-26H,3-20H2,1-2H3. The number of rotatable bonds is 19. The van der Waals surface area contributed by atoms with Crippen LogP contribution in [0.1, 0.15) is 133 Å². The largest absolute Gasteiger partial charge is 0.263 e. The van der Waals surface area contributed by atoms with Gasteiger partial charge >= 0.3 is 0 Å². The molecule has 0 aliphatic carbocycles. The first kappa shape index (κ1) is 26.6. The number of benzene rings is 1. The Bertz CT molecular complexity index is 856. The molecule has 0 atom stereocenters. The number of hydrogen-bond donors (Lipinski definition) is 0. The second-order valence-electron chi connectivity index (χ2n) is 10.3. The van der Waals surface area contributed by atoms with Gasteiger partial charge in [-0.1, -0.05) is 116 Å². The van der Waals surface area contributed by atoms with E-state index in [2.05, 4.69) is 37.0 Å². The molecule has 2 aliphatic heterocycles. The van der Waals surface area contributed by atoms with Gasteiger partial charge in [0.05, 0.1) is 5.71 Å². The van der Waals surface area contributed by atoms with E-state index in [1.54, 1.807) is 11.1 Å². The Kier molecular flexibility index (Phi) is 12.4. The van der Waals surface area contributed by atoms with Crippen LogP contribution in [0.4, 0.5) is 0 Å². The minimum absolute atomic E-state index is 1.10. The topological polar surface area (TPSA) is 24.7 Å². The zero-order valence-electron chi connectivity index (χ0n) is 22.1. The third-order valence-corrected chi connectivity index (χ3v) is 7.40. The predicted octanol–water partition coefficient (Wildman–Crippen LogP) is 9.71. The lowest BCUT2D eigenvalue weighted by molar-refractivity contribution is 0.570. The lowest BCUT2D eigenvalue weighted by Crippen LogP contribution is -2.05. The summed E-state index contributed by atoms with van der Waals surface area (Å²) in [4.78, 5) is 9.04. The molecule has 2 heterocycles. The number of allylic oxidation sites excluding steroid dienone is 2. The fourth-order valence-electron chi connectivity index (χ4n) is 5.22. The minimum Gasteiger partial charge on any atom is -0.263 e. The van der Waals surface area contributed by atoms with Crippen molar-refractivity contribution in [3.63, 3.8) is 0 Å². The van der Waals surface area contributed by atoms with E-state index in [1.807, 2.05) is 18.6 Å². The van der Waals surface area contributed by atoms with Gasteiger partial charge in [0, 0.05) is 35.3 Å². The fraction of sp³-hybridized carbons (Fsp3) is 0.625. The summed E-state index contributed by atoms with van der Waals surface area (Å²) in [5.74, 6) is 0. The molecule has 0 saturated carbocycles. The van der Waals surface area contributed by atoms with Crippen molar-refractivity contribution in [3.8, 4) is 0 Å². The van der Waals surface area contributed by atoms with Gasteiger partial charge in [0.1, 0.15) is 0 Å². The van der Waals surface area contributed by atoms with Gasteiger partial charge in [-0.2, -0.15) is 0 Å². The molecule has 0 spiro atoms. The highest BCUT2D eigenvalue weighted by Gasteiger charge is 2.21. The summed E-state index contributed by atoms with van der Waals surface area (Å²) in [5, 5.41) is 0. The molecule has 0 bridgehead atoms. The van der Waals surface area contributed by atoms with E-state index in [0.29, 0.717) is 0 Å². The van der Waals surface area contributed by atoms with E-state index in [0.717, 1.165) is 11.3 Å². The SMILES string of the molecule is CCCCCCCCCCc1ccc(C2=NC=C3C=NC=C32)cc1CCCCCCCCCC. The maximum atomic E-state index is 4.72. The summed E-state index contributed by atoms with van der Waals surface area (Å²) >= 11 is 0. The molecule has 186 valence electrons. The average Bonchev–Trinajstić information content (AvgIpc) is 3.47. The Morgan fingerprint density at radius 3 is 1.76 bits per heavy atom. The highest BCUT2D eigenvalue weighted by molar-refractivity contribution is 6.22. The minimum atomic E-state index is 1.10. The van der Waals surface area contributed by atoms with Gasteiger partial charge in [0.2, 0.25) is 0 Å². The predicted molar refractivity (Wildman–Crippen MR) is 150 cm³/mol. The Labute approximate surface area is 209 Å². The molecule has 3 rings (SSSR count). The average molecular weight is 461 g/mol. The van der Waals surface area contributed by atoms with Crippen molar-refractivity contribution in [2.75, 3.05) is 0 Å². The van der Waals surface area contributed by atoms with Crippen molar-refractivity contribution in [2.45, 2.75) is 129 Å². The normalized spacial score (nSPS) is 14.4. The third-order valence-electron chi connectivity index (χ3n) is 7.40. The maximum Gasteiger partial charge on any atom is 0.0797 e. The summed E-state index contributed by atoms with van der Waals surface area (Å²) in [6, 6.07) is 7.13. The molecular formula is C32H48N2. The van der Waals surface area contributed by atoms with E-state index in [1.165, 1.54) is 127 Å². The molecule has 0 saturated heterocycles. The molecule has 0 aromatic heterocycles. The van der Waals surface area contributed by atoms with Crippen LogP contribution in [-0.2, 0) is 12.8 Å². The van der Waals surface area contributed by atoms with Crippen LogP contribution in [0.15, 0.2) is 51.7 Å². The van der Waals surface area contributed by atoms with Crippen molar-refractivity contribution in [3.05, 3.63) is 58.4 Å². The lowest BCUT2D eigenvalue weighted by Gasteiger charge is -2.13. The van der Waals surface area contributed by atoms with Gasteiger partial charge in [0.15, 0.2) is 0 Å². The Morgan fingerprint density at radius 1 is 0.588 bits per heavy atom. The number of unbranched alkanes of at least 4 members (excludes halogenated alkanes) is 14. The first-order chi connectivity index (χ1) is 16.8. The molecule has 0 unspecified atom stereocenters. The van der Waals surface area contributed by atoms with Crippen molar-refractivity contribution in [1.29, 1.82) is 0 Å². The van der Waals surface area contributed by atoms with Crippen LogP contribution in [-0.4, -0.2) is 11.9 Å². The molecule has 34 heavy (non-hydrogen) atoms. The first-order valence-electron chi connectivity index (χ1n) is 14.5. The van der Waals surface area contributed by atoms with E-state index in [4.69, 9.17) is 4.99 Å². The summed E-state index contributed by atoms with van der Waals surface area (Å²) in [6.07, 6.45) is 30.4. The highest BCUT2D eigenvalue weighted by atomic mass is 14.8. The molecular weight excluding hydrogens is 412 g/mol. The van der Waals surface area contributed by atoms with Crippen LogP contribution in [0.5, 0.6) is 0 Å². The quantitative estimate of drug-likeness (QED) is 0.184. The van der Waals surface area contributed by atoms with Crippen LogP contribution < -0.4 is 0 Å². The fourth-order valence-corrected chi connectivity index (χ4v) is 5.22. The molecule has 1 aromatic carbocycles. The maximum absolute atomic E-state index is 4.72. The zero-order chi connectivity index (χ0) is 23.8. The second kappa shape index (κ2) is 15.8. The number of hydrogen-bond acceptors (Lipinski definition) is 2. The zero-order valence-corrected chi connectivity index (χ0v) is 22.1. The summed E-state index contributed by atoms with van der Waals surface area (Å²) in [7, 11) is 0. The van der Waals surface area contributed by atoms with Crippen LogP contribution in [0.2, 0.25) is 0 Å². The molecule has 0 amide bonds. The van der Waals surface area contributed by atoms with Gasteiger partial charge in [-0.3, -0.25) is 9.98 Å². The first-order valence-corrected chi connectivity index (χ1v) is 14.5. The van der Waals surface area contributed by atoms with E-state index in [-0.39, 0.29) is 0 Å². The van der Waals surface area contributed by atoms with Gasteiger partial charge in [-0.05, 0) is 42.9 Å². The highest BCUT2D eigenvalue weighted by Crippen LogP contribution is 2.28. The molecule has 0 fully saturated rings. The Hall–Kier alpha value is -1.96. The second-order valence-corrected chi connectivity index (χ2v) is 10.3. The van der Waals surface area contributed by atoms with Crippen LogP contribution >= 0.6 is 0 Å². The Morgan fingerprint density at radius 2 is 1.15 bits per heavy atom. The van der Waals surface area contributed by atoms with E-state index >= 15 is 0 Å². The van der Waals surface area contributed by atoms with Crippen molar-refractivity contribution in [1.82, 2.24) is 0 Å². The van der Waals surface area contributed by atoms with Gasteiger partial charge in [-0.15, -0.1) is 0 Å². The smallest absolute Gasteiger partial charge is 0.0797 e. The van der Waals surface area contributed by atoms with Gasteiger partial charge < -0.3 is 0 Å². The Balaban J connectivity index is 1.50. The van der Waals surface area contributed by atoms with E-state index < -0.39 is 0 Å². The van der Waals surface area contributed by atoms with Crippen molar-refractivity contribution >= 4 is 11.9 Å². The third kappa shape index (κ3) is 8.67. The number of aryl methyl sites for hydroxylation is 2. The molecule has 0 N–H and O–H groups in total. The number of aliphatic imine (C=N–C) groups is 2. The van der Waals surface area contributed by atoms with E-state index in [9.17, 15) is 0 Å². The lowest BCUT2D eigenvalue weighted by atomic mass is 9.91. The monoisotopic (exact) mass is 460 g/mol. The summed E-state index contributed by atoms with van der Waals surface area (Å²) in [5.41, 5.74) is 7.83. The molecule has 2 nitrogen and oxygen atoms in total. The van der Waals surface area contributed by atoms with Crippen molar-refractivity contribution < 1.29 is 0 Å². The van der Waals surface area contributed by atoms with Crippen LogP contribution in [0.3, 0.4) is 0 Å². The van der Waals surface area contributed by atoms with Gasteiger partial charge in [-0.25, -0.2) is 0 Å². The molecule has 2 heteroatoms. The number of fused-ring (bicyclic) bond motifs is 1. The molecule has 2 aliphatic rings. The summed E-state index contributed by atoms with van der Waals surface area (Å²) < 4.78 is 0. The van der Waals surface area contributed by atoms with Gasteiger partial charge in [0.25, 0.3) is 0 Å². The molecule has 1 aromatic rings. The summed E-state index contributed by atoms with van der Waals surface area (Å²) in [6.45, 7) is 4.59.